The Labute approximate surface area is 168 Å². The summed E-state index contributed by atoms with van der Waals surface area (Å²) in [5, 5.41) is 2.71. The first-order valence-electron chi connectivity index (χ1n) is 9.06. The van der Waals surface area contributed by atoms with Gasteiger partial charge in [0.25, 0.3) is 0 Å². The van der Waals surface area contributed by atoms with Crippen LogP contribution in [-0.2, 0) is 14.6 Å². The van der Waals surface area contributed by atoms with E-state index in [9.17, 15) is 13.2 Å². The van der Waals surface area contributed by atoms with E-state index in [2.05, 4.69) is 15.3 Å². The van der Waals surface area contributed by atoms with Crippen LogP contribution in [0.5, 0.6) is 0 Å². The van der Waals surface area contributed by atoms with Gasteiger partial charge in [-0.05, 0) is 43.3 Å². The van der Waals surface area contributed by atoms with Crippen molar-refractivity contribution in [3.63, 3.8) is 0 Å². The monoisotopic (exact) mass is 405 g/mol. The van der Waals surface area contributed by atoms with Crippen molar-refractivity contribution in [1.29, 1.82) is 0 Å². The van der Waals surface area contributed by atoms with E-state index < -0.39 is 21.5 Å². The molecule has 0 aliphatic carbocycles. The lowest BCUT2D eigenvalue weighted by molar-refractivity contribution is -0.113. The molecule has 2 N–H and O–H groups in total. The number of nitrogens with one attached hydrogen (secondary N) is 2. The number of aryl methyl sites for hydroxylation is 1. The number of benzene rings is 3. The molecule has 0 unspecified atom stereocenters. The third kappa shape index (κ3) is 4.05. The van der Waals surface area contributed by atoms with Crippen LogP contribution in [0.15, 0.2) is 77.7 Å². The Morgan fingerprint density at radius 2 is 1.66 bits per heavy atom. The Kier molecular flexibility index (Phi) is 4.90. The highest BCUT2D eigenvalue weighted by atomic mass is 32.2. The van der Waals surface area contributed by atoms with Gasteiger partial charge in [0.05, 0.1) is 21.6 Å². The maximum Gasteiger partial charge on any atom is 0.239 e. The number of imidazole rings is 1. The van der Waals surface area contributed by atoms with Gasteiger partial charge in [-0.1, -0.05) is 42.0 Å². The Hall–Kier alpha value is -3.45. The van der Waals surface area contributed by atoms with Crippen molar-refractivity contribution < 1.29 is 13.2 Å². The second kappa shape index (κ2) is 7.52. The zero-order valence-corrected chi connectivity index (χ0v) is 16.5. The molecule has 4 rings (SSSR count). The number of nitrogens with zero attached hydrogens (tertiary/aromatic N) is 1. The van der Waals surface area contributed by atoms with E-state index in [0.29, 0.717) is 17.1 Å². The first-order chi connectivity index (χ1) is 13.9. The molecule has 0 aliphatic rings. The summed E-state index contributed by atoms with van der Waals surface area (Å²) in [6, 6.07) is 21.2. The van der Waals surface area contributed by atoms with Gasteiger partial charge in [0.1, 0.15) is 11.6 Å². The number of sulfone groups is 1. The number of aromatic nitrogens is 2. The second-order valence-corrected chi connectivity index (χ2v) is 8.76. The number of H-pyrrole nitrogens is 1. The van der Waals surface area contributed by atoms with E-state index >= 15 is 0 Å². The molecule has 6 nitrogen and oxygen atoms in total. The number of amides is 1. The lowest BCUT2D eigenvalue weighted by Gasteiger charge is -2.10. The van der Waals surface area contributed by atoms with E-state index in [4.69, 9.17) is 0 Å². The van der Waals surface area contributed by atoms with Crippen LogP contribution in [0.1, 0.15) is 5.56 Å². The Morgan fingerprint density at radius 1 is 0.966 bits per heavy atom. The number of hydrogen-bond acceptors (Lipinski definition) is 4. The number of para-hydroxylation sites is 3. The number of carbonyl (C=O) groups is 1. The van der Waals surface area contributed by atoms with E-state index in [1.807, 2.05) is 43.3 Å². The van der Waals surface area contributed by atoms with Crippen molar-refractivity contribution >= 4 is 32.5 Å². The summed E-state index contributed by atoms with van der Waals surface area (Å²) in [4.78, 5) is 20.4. The van der Waals surface area contributed by atoms with Crippen molar-refractivity contribution in [2.24, 2.45) is 0 Å². The minimum atomic E-state index is -3.73. The zero-order valence-electron chi connectivity index (χ0n) is 15.7. The second-order valence-electron chi connectivity index (χ2n) is 6.77. The molecule has 3 aromatic carbocycles. The first-order valence-corrected chi connectivity index (χ1v) is 10.7. The molecule has 0 saturated heterocycles. The van der Waals surface area contributed by atoms with Gasteiger partial charge in [-0.3, -0.25) is 4.79 Å². The molecular formula is C22H19N3O3S. The van der Waals surface area contributed by atoms with E-state index in [0.717, 1.165) is 16.6 Å². The first kappa shape index (κ1) is 18.9. The lowest BCUT2D eigenvalue weighted by Crippen LogP contribution is -2.23. The van der Waals surface area contributed by atoms with Gasteiger partial charge >= 0.3 is 0 Å². The smallest absolute Gasteiger partial charge is 0.239 e. The summed E-state index contributed by atoms with van der Waals surface area (Å²) in [7, 11) is -3.73. The molecule has 0 bridgehead atoms. The quantitative estimate of drug-likeness (QED) is 0.526. The van der Waals surface area contributed by atoms with E-state index in [1.165, 1.54) is 12.1 Å². The molecule has 1 aromatic heterocycles. The highest BCUT2D eigenvalue weighted by Crippen LogP contribution is 2.27. The third-order valence-corrected chi connectivity index (χ3v) is 6.18. The molecular weight excluding hydrogens is 386 g/mol. The summed E-state index contributed by atoms with van der Waals surface area (Å²) >= 11 is 0. The zero-order chi connectivity index (χ0) is 20.4. The molecule has 0 fully saturated rings. The van der Waals surface area contributed by atoms with Crippen molar-refractivity contribution in [2.75, 3.05) is 11.1 Å². The Morgan fingerprint density at radius 3 is 2.41 bits per heavy atom. The number of rotatable bonds is 5. The molecule has 29 heavy (non-hydrogen) atoms. The summed E-state index contributed by atoms with van der Waals surface area (Å²) in [5.74, 6) is -0.637. The number of carbonyl (C=O) groups excluding carboxylic acids is 1. The normalized spacial score (nSPS) is 11.5. The average Bonchev–Trinajstić information content (AvgIpc) is 3.12. The van der Waals surface area contributed by atoms with Crippen molar-refractivity contribution in [3.05, 3.63) is 78.4 Å². The third-order valence-electron chi connectivity index (χ3n) is 4.55. The number of aromatic amines is 1. The molecule has 146 valence electrons. The fourth-order valence-corrected chi connectivity index (χ4v) is 4.20. The van der Waals surface area contributed by atoms with Gasteiger partial charge in [0, 0.05) is 5.56 Å². The van der Waals surface area contributed by atoms with Crippen LogP contribution in [0, 0.1) is 6.92 Å². The number of anilines is 1. The van der Waals surface area contributed by atoms with Crippen LogP contribution < -0.4 is 5.32 Å². The Bertz CT molecular complexity index is 1260. The highest BCUT2D eigenvalue weighted by molar-refractivity contribution is 7.92. The average molecular weight is 405 g/mol. The van der Waals surface area contributed by atoms with Crippen molar-refractivity contribution in [2.45, 2.75) is 11.8 Å². The highest BCUT2D eigenvalue weighted by Gasteiger charge is 2.20. The SMILES string of the molecule is Cc1ccc(S(=O)(=O)CC(=O)Nc2ccccc2-c2nc3ccccc3[nH]2)cc1. The predicted octanol–water partition coefficient (Wildman–Crippen LogP) is 3.95. The summed E-state index contributed by atoms with van der Waals surface area (Å²) in [6.45, 7) is 1.87. The molecule has 1 amide bonds. The number of fused-ring (bicyclic) bond motifs is 1. The topological polar surface area (TPSA) is 91.9 Å². The van der Waals surface area contributed by atoms with Crippen LogP contribution in [-0.4, -0.2) is 30.0 Å². The van der Waals surface area contributed by atoms with Crippen LogP contribution >= 0.6 is 0 Å². The summed E-state index contributed by atoms with van der Waals surface area (Å²) in [5.41, 5.74) is 3.82. The van der Waals surface area contributed by atoms with Gasteiger partial charge in [0.2, 0.25) is 5.91 Å². The largest absolute Gasteiger partial charge is 0.338 e. The minimum absolute atomic E-state index is 0.129. The van der Waals surface area contributed by atoms with Crippen molar-refractivity contribution in [3.8, 4) is 11.4 Å². The molecule has 1 heterocycles. The van der Waals surface area contributed by atoms with Gasteiger partial charge in [-0.2, -0.15) is 0 Å². The Balaban J connectivity index is 1.58. The molecule has 4 aromatic rings. The molecule has 7 heteroatoms. The van der Waals surface area contributed by atoms with Crippen molar-refractivity contribution in [1.82, 2.24) is 9.97 Å². The minimum Gasteiger partial charge on any atom is -0.338 e. The molecule has 0 saturated carbocycles. The van der Waals surface area contributed by atoms with E-state index in [1.54, 1.807) is 24.3 Å². The maximum atomic E-state index is 12.5. The van der Waals surface area contributed by atoms with Crippen LogP contribution in [0.4, 0.5) is 5.69 Å². The van der Waals surface area contributed by atoms with Gasteiger partial charge in [0.15, 0.2) is 9.84 Å². The molecule has 0 spiro atoms. The van der Waals surface area contributed by atoms with Gasteiger partial charge < -0.3 is 10.3 Å². The number of hydrogen-bond donors (Lipinski definition) is 2. The van der Waals surface area contributed by atoms with Gasteiger partial charge in [-0.15, -0.1) is 0 Å². The summed E-state index contributed by atoms with van der Waals surface area (Å²) < 4.78 is 25.1. The standard InChI is InChI=1S/C22H19N3O3S/c1-15-10-12-16(13-11-15)29(27,28)14-21(26)23-18-7-3-2-6-17(18)22-24-19-8-4-5-9-20(19)25-22/h2-13H,14H2,1H3,(H,23,26)(H,24,25). The predicted molar refractivity (Wildman–Crippen MR) is 113 cm³/mol. The summed E-state index contributed by atoms with van der Waals surface area (Å²) in [6.07, 6.45) is 0. The fourth-order valence-electron chi connectivity index (χ4n) is 3.07. The van der Waals surface area contributed by atoms with Crippen LogP contribution in [0.3, 0.4) is 0 Å². The van der Waals surface area contributed by atoms with E-state index in [-0.39, 0.29) is 4.90 Å². The van der Waals surface area contributed by atoms with Gasteiger partial charge in [-0.25, -0.2) is 13.4 Å². The van der Waals surface area contributed by atoms with Crippen LogP contribution in [0.2, 0.25) is 0 Å². The maximum absolute atomic E-state index is 12.5. The fraction of sp³-hybridized carbons (Fsp3) is 0.0909. The molecule has 0 radical (unpaired) electrons. The molecule has 0 aliphatic heterocycles. The lowest BCUT2D eigenvalue weighted by atomic mass is 10.1. The van der Waals surface area contributed by atoms with Crippen LogP contribution in [0.25, 0.3) is 22.4 Å². The molecule has 0 atom stereocenters.